The van der Waals surface area contributed by atoms with Crippen LogP contribution in [0.5, 0.6) is 0 Å². The molecule has 24 heavy (non-hydrogen) atoms. The fourth-order valence-electron chi connectivity index (χ4n) is 2.27. The van der Waals surface area contributed by atoms with Gasteiger partial charge >= 0.3 is 0 Å². The van der Waals surface area contributed by atoms with Crippen molar-refractivity contribution in [3.8, 4) is 0 Å². The lowest BCUT2D eigenvalue weighted by Crippen LogP contribution is -2.13. The first-order valence-electron chi connectivity index (χ1n) is 8.18. The average molecular weight is 323 g/mol. The van der Waals surface area contributed by atoms with Crippen molar-refractivity contribution in [2.24, 2.45) is 5.41 Å². The van der Waals surface area contributed by atoms with Crippen molar-refractivity contribution in [2.75, 3.05) is 11.9 Å². The van der Waals surface area contributed by atoms with Gasteiger partial charge in [0, 0.05) is 17.9 Å². The number of hydrogen-bond acceptors (Lipinski definition) is 2. The van der Waals surface area contributed by atoms with E-state index in [1.165, 1.54) is 0 Å². The Labute approximate surface area is 144 Å². The van der Waals surface area contributed by atoms with Gasteiger partial charge in [0.05, 0.1) is 0 Å². The van der Waals surface area contributed by atoms with E-state index in [9.17, 15) is 4.79 Å². The van der Waals surface area contributed by atoms with Crippen LogP contribution in [0.25, 0.3) is 6.08 Å². The standard InChI is InChI=1S/C21H25NO2/c1-21(2,3)14-12-16-8-10-18(11-9-16)20(24)22-19-7-5-4-6-17(19)13-15-23/h4-12,14,23H,13,15H2,1-3H3,(H,22,24)/b14-12+. The zero-order valence-corrected chi connectivity index (χ0v) is 14.5. The molecular weight excluding hydrogens is 298 g/mol. The minimum Gasteiger partial charge on any atom is -0.396 e. The third-order valence-corrected chi connectivity index (χ3v) is 3.60. The van der Waals surface area contributed by atoms with E-state index in [1.54, 1.807) is 0 Å². The summed E-state index contributed by atoms with van der Waals surface area (Å²) in [4.78, 5) is 12.4. The number of aliphatic hydroxyl groups is 1. The predicted molar refractivity (Wildman–Crippen MR) is 100 cm³/mol. The fraction of sp³-hybridized carbons (Fsp3) is 0.286. The summed E-state index contributed by atoms with van der Waals surface area (Å²) in [5, 5.41) is 12.0. The minimum absolute atomic E-state index is 0.0572. The summed E-state index contributed by atoms with van der Waals surface area (Å²) in [6, 6.07) is 15.1. The monoisotopic (exact) mass is 323 g/mol. The van der Waals surface area contributed by atoms with Crippen molar-refractivity contribution in [1.82, 2.24) is 0 Å². The lowest BCUT2D eigenvalue weighted by molar-refractivity contribution is 0.102. The number of carbonyl (C=O) groups is 1. The smallest absolute Gasteiger partial charge is 0.255 e. The molecule has 3 nitrogen and oxygen atoms in total. The first-order chi connectivity index (χ1) is 11.4. The molecule has 0 aliphatic carbocycles. The Bertz CT molecular complexity index is 709. The molecule has 0 radical (unpaired) electrons. The lowest BCUT2D eigenvalue weighted by Gasteiger charge is -2.11. The van der Waals surface area contributed by atoms with Gasteiger partial charge < -0.3 is 10.4 Å². The van der Waals surface area contributed by atoms with E-state index in [0.29, 0.717) is 12.0 Å². The highest BCUT2D eigenvalue weighted by Gasteiger charge is 2.09. The molecule has 0 atom stereocenters. The summed E-state index contributed by atoms with van der Waals surface area (Å²) in [6.07, 6.45) is 4.73. The Kier molecular flexibility index (Phi) is 5.93. The highest BCUT2D eigenvalue weighted by Crippen LogP contribution is 2.19. The molecule has 126 valence electrons. The van der Waals surface area contributed by atoms with Crippen LogP contribution in [0.15, 0.2) is 54.6 Å². The van der Waals surface area contributed by atoms with E-state index in [2.05, 4.69) is 38.2 Å². The van der Waals surface area contributed by atoms with Crippen molar-refractivity contribution in [1.29, 1.82) is 0 Å². The summed E-state index contributed by atoms with van der Waals surface area (Å²) in [7, 11) is 0. The van der Waals surface area contributed by atoms with E-state index < -0.39 is 0 Å². The molecule has 0 saturated heterocycles. The third kappa shape index (κ3) is 5.36. The zero-order chi connectivity index (χ0) is 17.6. The number of rotatable bonds is 5. The molecule has 0 aliphatic rings. The van der Waals surface area contributed by atoms with E-state index in [1.807, 2.05) is 48.5 Å². The molecule has 0 saturated carbocycles. The molecular formula is C21H25NO2. The maximum Gasteiger partial charge on any atom is 0.255 e. The molecule has 2 aromatic rings. The number of aliphatic hydroxyl groups excluding tert-OH is 1. The van der Waals surface area contributed by atoms with Gasteiger partial charge in [0.1, 0.15) is 0 Å². The Balaban J connectivity index is 2.10. The van der Waals surface area contributed by atoms with Gasteiger partial charge in [-0.15, -0.1) is 0 Å². The second-order valence-electron chi connectivity index (χ2n) is 6.91. The van der Waals surface area contributed by atoms with Gasteiger partial charge in [-0.3, -0.25) is 4.79 Å². The highest BCUT2D eigenvalue weighted by atomic mass is 16.3. The number of nitrogens with one attached hydrogen (secondary N) is 1. The van der Waals surface area contributed by atoms with Crippen molar-refractivity contribution in [3.05, 3.63) is 71.3 Å². The SMILES string of the molecule is CC(C)(C)/C=C/c1ccc(C(=O)Nc2ccccc2CCO)cc1. The van der Waals surface area contributed by atoms with E-state index in [4.69, 9.17) is 5.11 Å². The van der Waals surface area contributed by atoms with Crippen LogP contribution in [0.2, 0.25) is 0 Å². The summed E-state index contributed by atoms with van der Waals surface area (Å²) in [6.45, 7) is 6.50. The second-order valence-corrected chi connectivity index (χ2v) is 6.91. The average Bonchev–Trinajstić information content (AvgIpc) is 2.55. The number of para-hydroxylation sites is 1. The number of carbonyl (C=O) groups excluding carboxylic acids is 1. The van der Waals surface area contributed by atoms with Gasteiger partial charge in [0.15, 0.2) is 0 Å². The van der Waals surface area contributed by atoms with Crippen LogP contribution in [0, 0.1) is 5.41 Å². The first kappa shape index (κ1) is 18.0. The largest absolute Gasteiger partial charge is 0.396 e. The minimum atomic E-state index is -0.147. The predicted octanol–water partition coefficient (Wildman–Crippen LogP) is 4.53. The Morgan fingerprint density at radius 2 is 1.75 bits per heavy atom. The van der Waals surface area contributed by atoms with Crippen LogP contribution in [-0.4, -0.2) is 17.6 Å². The Morgan fingerprint density at radius 1 is 1.08 bits per heavy atom. The van der Waals surface area contributed by atoms with Gasteiger partial charge in [-0.1, -0.05) is 63.3 Å². The third-order valence-electron chi connectivity index (χ3n) is 3.60. The van der Waals surface area contributed by atoms with Gasteiger partial charge in [0.2, 0.25) is 0 Å². The van der Waals surface area contributed by atoms with Crippen LogP contribution in [0.1, 0.15) is 42.3 Å². The van der Waals surface area contributed by atoms with E-state index in [0.717, 1.165) is 16.8 Å². The molecule has 2 rings (SSSR count). The molecule has 0 aromatic heterocycles. The molecule has 2 aromatic carbocycles. The van der Waals surface area contributed by atoms with Gasteiger partial charge in [-0.2, -0.15) is 0 Å². The summed E-state index contributed by atoms with van der Waals surface area (Å²) in [5.74, 6) is -0.147. The van der Waals surface area contributed by atoms with Crippen LogP contribution in [-0.2, 0) is 6.42 Å². The fourth-order valence-corrected chi connectivity index (χ4v) is 2.27. The number of allylic oxidation sites excluding steroid dienone is 1. The molecule has 2 N–H and O–H groups in total. The summed E-state index contributed by atoms with van der Waals surface area (Å²) >= 11 is 0. The van der Waals surface area contributed by atoms with Crippen molar-refractivity contribution < 1.29 is 9.90 Å². The van der Waals surface area contributed by atoms with E-state index >= 15 is 0 Å². The van der Waals surface area contributed by atoms with Crippen LogP contribution < -0.4 is 5.32 Å². The zero-order valence-electron chi connectivity index (χ0n) is 14.5. The Hall–Kier alpha value is -2.39. The van der Waals surface area contributed by atoms with Gasteiger partial charge in [-0.05, 0) is 41.2 Å². The topological polar surface area (TPSA) is 49.3 Å². The number of benzene rings is 2. The van der Waals surface area contributed by atoms with Crippen LogP contribution >= 0.6 is 0 Å². The molecule has 0 unspecified atom stereocenters. The van der Waals surface area contributed by atoms with Gasteiger partial charge in [-0.25, -0.2) is 0 Å². The van der Waals surface area contributed by atoms with Crippen molar-refractivity contribution >= 4 is 17.7 Å². The normalized spacial score (nSPS) is 11.7. The molecule has 0 heterocycles. The Morgan fingerprint density at radius 3 is 2.38 bits per heavy atom. The summed E-state index contributed by atoms with van der Waals surface area (Å²) < 4.78 is 0. The van der Waals surface area contributed by atoms with Crippen molar-refractivity contribution in [3.63, 3.8) is 0 Å². The molecule has 0 spiro atoms. The maximum atomic E-state index is 12.4. The molecule has 1 amide bonds. The number of hydrogen-bond donors (Lipinski definition) is 2. The number of amides is 1. The number of anilines is 1. The molecule has 0 fully saturated rings. The van der Waals surface area contributed by atoms with Crippen molar-refractivity contribution in [2.45, 2.75) is 27.2 Å². The quantitative estimate of drug-likeness (QED) is 0.849. The van der Waals surface area contributed by atoms with Gasteiger partial charge in [0.25, 0.3) is 5.91 Å². The van der Waals surface area contributed by atoms with E-state index in [-0.39, 0.29) is 17.9 Å². The molecule has 0 bridgehead atoms. The second kappa shape index (κ2) is 7.93. The molecule has 0 aliphatic heterocycles. The first-order valence-corrected chi connectivity index (χ1v) is 8.18. The molecule has 3 heteroatoms. The lowest BCUT2D eigenvalue weighted by atomic mass is 9.95. The van der Waals surface area contributed by atoms with Crippen LogP contribution in [0.3, 0.4) is 0 Å². The maximum absolute atomic E-state index is 12.4. The van der Waals surface area contributed by atoms with Crippen LogP contribution in [0.4, 0.5) is 5.69 Å². The highest BCUT2D eigenvalue weighted by molar-refractivity contribution is 6.04. The summed E-state index contributed by atoms with van der Waals surface area (Å²) in [5.41, 5.74) is 3.49.